The number of para-hydroxylation sites is 3. The van der Waals surface area contributed by atoms with E-state index in [1.165, 1.54) is 31.2 Å². The van der Waals surface area contributed by atoms with Crippen LogP contribution < -0.4 is 4.74 Å². The van der Waals surface area contributed by atoms with E-state index in [2.05, 4.69) is 26.0 Å². The third kappa shape index (κ3) is 4.27. The topological polar surface area (TPSA) is 29.5 Å². The second-order valence-corrected chi connectivity index (χ2v) is 5.71. The van der Waals surface area contributed by atoms with Crippen molar-refractivity contribution in [2.45, 2.75) is 51.9 Å². The van der Waals surface area contributed by atoms with Crippen LogP contribution in [0, 0.1) is 0 Å². The van der Waals surface area contributed by atoms with E-state index >= 15 is 0 Å². The van der Waals surface area contributed by atoms with Crippen LogP contribution in [-0.2, 0) is 0 Å². The molecule has 0 aliphatic carbocycles. The standard InChI is InChI=1S/C20H26O2/c1-3-5-6-11-16(4-2)17-12-7-9-14-19(17)22-20-15-10-8-13-18(20)21/h7-10,12-16,21H,3-6,11H2,1-2H3. The summed E-state index contributed by atoms with van der Waals surface area (Å²) in [6.07, 6.45) is 6.06. The summed E-state index contributed by atoms with van der Waals surface area (Å²) in [5.74, 6) is 2.05. The van der Waals surface area contributed by atoms with Gasteiger partial charge in [-0.2, -0.15) is 0 Å². The number of hydrogen-bond donors (Lipinski definition) is 1. The molecule has 2 aromatic carbocycles. The van der Waals surface area contributed by atoms with Gasteiger partial charge in [-0.3, -0.25) is 0 Å². The van der Waals surface area contributed by atoms with Crippen molar-refractivity contribution in [2.75, 3.05) is 0 Å². The Balaban J connectivity index is 2.20. The zero-order valence-electron chi connectivity index (χ0n) is 13.6. The van der Waals surface area contributed by atoms with Crippen LogP contribution in [0.2, 0.25) is 0 Å². The number of phenols is 1. The summed E-state index contributed by atoms with van der Waals surface area (Å²) in [4.78, 5) is 0. The van der Waals surface area contributed by atoms with Crippen LogP contribution in [-0.4, -0.2) is 5.11 Å². The van der Waals surface area contributed by atoms with Crippen LogP contribution in [0.3, 0.4) is 0 Å². The summed E-state index contributed by atoms with van der Waals surface area (Å²) in [6, 6.07) is 15.3. The van der Waals surface area contributed by atoms with Gasteiger partial charge in [-0.05, 0) is 42.5 Å². The molecule has 0 saturated carbocycles. The van der Waals surface area contributed by atoms with Gasteiger partial charge in [0, 0.05) is 0 Å². The molecule has 22 heavy (non-hydrogen) atoms. The molecule has 0 aromatic heterocycles. The number of benzene rings is 2. The summed E-state index contributed by atoms with van der Waals surface area (Å²) in [6.45, 7) is 4.46. The molecule has 0 bridgehead atoms. The third-order valence-electron chi connectivity index (χ3n) is 4.09. The van der Waals surface area contributed by atoms with E-state index in [0.29, 0.717) is 11.7 Å². The summed E-state index contributed by atoms with van der Waals surface area (Å²) in [5.41, 5.74) is 1.24. The maximum atomic E-state index is 9.91. The SMILES string of the molecule is CCCCCC(CC)c1ccccc1Oc1ccccc1O. The van der Waals surface area contributed by atoms with E-state index in [-0.39, 0.29) is 5.75 Å². The Labute approximate surface area is 133 Å². The van der Waals surface area contributed by atoms with Crippen LogP contribution in [0.4, 0.5) is 0 Å². The zero-order valence-corrected chi connectivity index (χ0v) is 13.6. The molecule has 1 unspecified atom stereocenters. The number of rotatable bonds is 8. The van der Waals surface area contributed by atoms with Crippen molar-refractivity contribution in [3.8, 4) is 17.2 Å². The van der Waals surface area contributed by atoms with Crippen molar-refractivity contribution < 1.29 is 9.84 Å². The Bertz CT molecular complexity index is 577. The molecule has 0 aliphatic rings. The molecule has 2 heteroatoms. The Hall–Kier alpha value is -1.96. The minimum atomic E-state index is 0.177. The van der Waals surface area contributed by atoms with E-state index in [1.54, 1.807) is 18.2 Å². The summed E-state index contributed by atoms with van der Waals surface area (Å²) >= 11 is 0. The highest BCUT2D eigenvalue weighted by Crippen LogP contribution is 2.37. The minimum absolute atomic E-state index is 0.177. The van der Waals surface area contributed by atoms with Gasteiger partial charge in [0.2, 0.25) is 0 Å². The van der Waals surface area contributed by atoms with Crippen LogP contribution in [0.15, 0.2) is 48.5 Å². The third-order valence-corrected chi connectivity index (χ3v) is 4.09. The number of unbranched alkanes of at least 4 members (excludes halogenated alkanes) is 2. The molecular weight excluding hydrogens is 272 g/mol. The molecule has 2 rings (SSSR count). The first-order chi connectivity index (χ1) is 10.8. The molecule has 2 nitrogen and oxygen atoms in total. The molecule has 0 heterocycles. The highest BCUT2D eigenvalue weighted by molar-refractivity contribution is 5.45. The molecule has 0 radical (unpaired) electrons. The van der Waals surface area contributed by atoms with E-state index in [1.807, 2.05) is 18.2 Å². The predicted molar refractivity (Wildman–Crippen MR) is 91.8 cm³/mol. The molecule has 1 atom stereocenters. The molecule has 0 spiro atoms. The maximum absolute atomic E-state index is 9.91. The first-order valence-corrected chi connectivity index (χ1v) is 8.31. The Morgan fingerprint density at radius 2 is 1.59 bits per heavy atom. The van der Waals surface area contributed by atoms with Gasteiger partial charge in [-0.25, -0.2) is 0 Å². The smallest absolute Gasteiger partial charge is 0.169 e. The highest BCUT2D eigenvalue weighted by atomic mass is 16.5. The van der Waals surface area contributed by atoms with Gasteiger partial charge in [0.25, 0.3) is 0 Å². The lowest BCUT2D eigenvalue weighted by molar-refractivity contribution is 0.404. The largest absolute Gasteiger partial charge is 0.504 e. The fraction of sp³-hybridized carbons (Fsp3) is 0.400. The van der Waals surface area contributed by atoms with Crippen molar-refractivity contribution >= 4 is 0 Å². The predicted octanol–water partition coefficient (Wildman–Crippen LogP) is 6.26. The molecule has 118 valence electrons. The lowest BCUT2D eigenvalue weighted by Gasteiger charge is -2.19. The Kier molecular flexibility index (Phi) is 6.32. The summed E-state index contributed by atoms with van der Waals surface area (Å²) in [5, 5.41) is 9.91. The van der Waals surface area contributed by atoms with Gasteiger partial charge in [0.1, 0.15) is 5.75 Å². The molecular formula is C20H26O2. The first-order valence-electron chi connectivity index (χ1n) is 8.31. The van der Waals surface area contributed by atoms with E-state index in [9.17, 15) is 5.11 Å². The average molecular weight is 298 g/mol. The second-order valence-electron chi connectivity index (χ2n) is 5.71. The quantitative estimate of drug-likeness (QED) is 0.583. The normalized spacial score (nSPS) is 12.1. The number of hydrogen-bond acceptors (Lipinski definition) is 2. The molecule has 0 amide bonds. The molecule has 0 aliphatic heterocycles. The number of phenolic OH excluding ortho intramolecular Hbond substituents is 1. The zero-order chi connectivity index (χ0) is 15.8. The monoisotopic (exact) mass is 298 g/mol. The van der Waals surface area contributed by atoms with Crippen molar-refractivity contribution in [1.82, 2.24) is 0 Å². The van der Waals surface area contributed by atoms with Crippen molar-refractivity contribution in [3.63, 3.8) is 0 Å². The van der Waals surface area contributed by atoms with Crippen LogP contribution in [0.25, 0.3) is 0 Å². The summed E-state index contributed by atoms with van der Waals surface area (Å²) < 4.78 is 5.98. The van der Waals surface area contributed by atoms with E-state index in [4.69, 9.17) is 4.74 Å². The van der Waals surface area contributed by atoms with Gasteiger partial charge in [-0.15, -0.1) is 0 Å². The van der Waals surface area contributed by atoms with E-state index < -0.39 is 0 Å². The number of ether oxygens (including phenoxy) is 1. The lowest BCUT2D eigenvalue weighted by atomic mass is 9.90. The van der Waals surface area contributed by atoms with Gasteiger partial charge in [0.05, 0.1) is 0 Å². The van der Waals surface area contributed by atoms with Gasteiger partial charge in [0.15, 0.2) is 11.5 Å². The summed E-state index contributed by atoms with van der Waals surface area (Å²) in [7, 11) is 0. The molecule has 1 N–H and O–H groups in total. The van der Waals surface area contributed by atoms with Crippen LogP contribution in [0.5, 0.6) is 17.2 Å². The first kappa shape index (κ1) is 16.4. The minimum Gasteiger partial charge on any atom is -0.504 e. The van der Waals surface area contributed by atoms with E-state index in [0.717, 1.165) is 12.2 Å². The average Bonchev–Trinajstić information content (AvgIpc) is 2.55. The molecule has 0 fully saturated rings. The van der Waals surface area contributed by atoms with Gasteiger partial charge >= 0.3 is 0 Å². The fourth-order valence-electron chi connectivity index (χ4n) is 2.79. The van der Waals surface area contributed by atoms with Gasteiger partial charge < -0.3 is 9.84 Å². The maximum Gasteiger partial charge on any atom is 0.169 e. The highest BCUT2D eigenvalue weighted by Gasteiger charge is 2.15. The Morgan fingerprint density at radius 1 is 0.909 bits per heavy atom. The molecule has 2 aromatic rings. The van der Waals surface area contributed by atoms with Crippen LogP contribution >= 0.6 is 0 Å². The van der Waals surface area contributed by atoms with Crippen LogP contribution in [0.1, 0.15) is 57.4 Å². The van der Waals surface area contributed by atoms with Crippen molar-refractivity contribution in [1.29, 1.82) is 0 Å². The van der Waals surface area contributed by atoms with Gasteiger partial charge in [-0.1, -0.05) is 63.4 Å². The second kappa shape index (κ2) is 8.47. The fourth-order valence-corrected chi connectivity index (χ4v) is 2.79. The van der Waals surface area contributed by atoms with Crippen molar-refractivity contribution in [3.05, 3.63) is 54.1 Å². The number of aromatic hydroxyl groups is 1. The molecule has 0 saturated heterocycles. The Morgan fingerprint density at radius 3 is 2.27 bits per heavy atom. The lowest BCUT2D eigenvalue weighted by Crippen LogP contribution is -2.00. The van der Waals surface area contributed by atoms with Crippen molar-refractivity contribution in [2.24, 2.45) is 0 Å².